The summed E-state index contributed by atoms with van der Waals surface area (Å²) in [6.45, 7) is 1.92. The van der Waals surface area contributed by atoms with Crippen LogP contribution in [0.25, 0.3) is 0 Å². The second-order valence-corrected chi connectivity index (χ2v) is 5.83. The predicted octanol–water partition coefficient (Wildman–Crippen LogP) is 2.73. The Morgan fingerprint density at radius 2 is 2.05 bits per heavy atom. The molecule has 1 unspecified atom stereocenters. The van der Waals surface area contributed by atoms with Crippen molar-refractivity contribution in [1.29, 1.82) is 0 Å². The monoisotopic (exact) mass is 347 g/mol. The molecule has 22 heavy (non-hydrogen) atoms. The van der Waals surface area contributed by atoms with Crippen LogP contribution in [-0.2, 0) is 20.7 Å². The number of nitrogens with zero attached hydrogens (tertiary/aromatic N) is 1. The topological polar surface area (TPSA) is 66.8 Å². The van der Waals surface area contributed by atoms with Crippen molar-refractivity contribution in [2.24, 2.45) is 5.92 Å². The molecule has 1 amide bonds. The molecule has 122 valence electrons. The fraction of sp³-hybridized carbons (Fsp3) is 0.467. The average Bonchev–Trinajstić information content (AvgIpc) is 2.45. The molecule has 0 spiro atoms. The van der Waals surface area contributed by atoms with Crippen LogP contribution in [0.5, 0.6) is 0 Å². The number of methoxy groups -OCH3 is 1. The lowest BCUT2D eigenvalue weighted by Crippen LogP contribution is -2.41. The average molecular weight is 348 g/mol. The van der Waals surface area contributed by atoms with Crippen molar-refractivity contribution < 1.29 is 19.4 Å². The maximum absolute atomic E-state index is 12.4. The van der Waals surface area contributed by atoms with Gasteiger partial charge < -0.3 is 14.7 Å². The van der Waals surface area contributed by atoms with Gasteiger partial charge in [0, 0.05) is 29.6 Å². The summed E-state index contributed by atoms with van der Waals surface area (Å²) in [5.41, 5.74) is 0.800. The number of carboxylic acid groups (broad SMARTS) is 1. The van der Waals surface area contributed by atoms with Crippen LogP contribution in [0.4, 0.5) is 0 Å². The van der Waals surface area contributed by atoms with E-state index in [0.29, 0.717) is 16.5 Å². The van der Waals surface area contributed by atoms with E-state index in [-0.39, 0.29) is 25.6 Å². The molecule has 1 aromatic carbocycles. The molecule has 0 aliphatic heterocycles. The number of amides is 1. The lowest BCUT2D eigenvalue weighted by molar-refractivity contribution is -0.146. The molecule has 0 aliphatic carbocycles. The second-order valence-electron chi connectivity index (χ2n) is 4.99. The van der Waals surface area contributed by atoms with Crippen LogP contribution in [0.2, 0.25) is 10.0 Å². The first kappa shape index (κ1) is 18.7. The van der Waals surface area contributed by atoms with Gasteiger partial charge in [0.15, 0.2) is 0 Å². The fourth-order valence-electron chi connectivity index (χ4n) is 2.05. The summed E-state index contributed by atoms with van der Waals surface area (Å²) in [5.74, 6) is -1.69. The number of hydrogen-bond donors (Lipinski definition) is 1. The SMILES string of the molecule is COCCN(CC(=O)O)C(=O)C(C)Cc1ccc(Cl)cc1Cl. The van der Waals surface area contributed by atoms with Crippen molar-refractivity contribution in [1.82, 2.24) is 4.90 Å². The van der Waals surface area contributed by atoms with Gasteiger partial charge in [0.25, 0.3) is 0 Å². The van der Waals surface area contributed by atoms with Crippen LogP contribution in [-0.4, -0.2) is 48.7 Å². The first-order chi connectivity index (χ1) is 10.3. The molecule has 5 nitrogen and oxygen atoms in total. The Morgan fingerprint density at radius 1 is 1.36 bits per heavy atom. The lowest BCUT2D eigenvalue weighted by atomic mass is 9.99. The van der Waals surface area contributed by atoms with Crippen LogP contribution >= 0.6 is 23.2 Å². The molecular weight excluding hydrogens is 329 g/mol. The third-order valence-electron chi connectivity index (χ3n) is 3.17. The Bertz CT molecular complexity index is 536. The molecular formula is C15H19Cl2NO4. The van der Waals surface area contributed by atoms with E-state index < -0.39 is 11.9 Å². The maximum Gasteiger partial charge on any atom is 0.323 e. The van der Waals surface area contributed by atoms with Gasteiger partial charge in [-0.1, -0.05) is 36.2 Å². The van der Waals surface area contributed by atoms with Crippen LogP contribution in [0.1, 0.15) is 12.5 Å². The van der Waals surface area contributed by atoms with Gasteiger partial charge in [-0.15, -0.1) is 0 Å². The number of carboxylic acids is 1. The molecule has 1 aromatic rings. The van der Waals surface area contributed by atoms with E-state index in [4.69, 9.17) is 33.0 Å². The van der Waals surface area contributed by atoms with Crippen LogP contribution in [0.3, 0.4) is 0 Å². The highest BCUT2D eigenvalue weighted by molar-refractivity contribution is 6.35. The summed E-state index contributed by atoms with van der Waals surface area (Å²) in [6.07, 6.45) is 0.415. The minimum atomic E-state index is -1.05. The molecule has 0 saturated heterocycles. The lowest BCUT2D eigenvalue weighted by Gasteiger charge is -2.24. The Kier molecular flexibility index (Phi) is 7.65. The molecule has 0 aliphatic rings. The number of benzene rings is 1. The predicted molar refractivity (Wildman–Crippen MR) is 85.4 cm³/mol. The number of rotatable bonds is 8. The third-order valence-corrected chi connectivity index (χ3v) is 3.75. The summed E-state index contributed by atoms with van der Waals surface area (Å²) >= 11 is 11.9. The Morgan fingerprint density at radius 3 is 2.59 bits per heavy atom. The van der Waals surface area contributed by atoms with E-state index >= 15 is 0 Å². The summed E-state index contributed by atoms with van der Waals surface area (Å²) in [5, 5.41) is 9.93. The maximum atomic E-state index is 12.4. The molecule has 1 N–H and O–H groups in total. The molecule has 1 rings (SSSR count). The number of aliphatic carboxylic acids is 1. The molecule has 0 heterocycles. The summed E-state index contributed by atoms with van der Waals surface area (Å²) in [4.78, 5) is 24.6. The first-order valence-corrected chi connectivity index (χ1v) is 7.54. The van der Waals surface area contributed by atoms with E-state index in [1.54, 1.807) is 25.1 Å². The van der Waals surface area contributed by atoms with Crippen LogP contribution in [0.15, 0.2) is 18.2 Å². The van der Waals surface area contributed by atoms with E-state index in [1.807, 2.05) is 0 Å². The minimum absolute atomic E-state index is 0.236. The number of hydrogen-bond acceptors (Lipinski definition) is 3. The zero-order chi connectivity index (χ0) is 16.7. The van der Waals surface area contributed by atoms with Gasteiger partial charge in [0.2, 0.25) is 5.91 Å². The van der Waals surface area contributed by atoms with E-state index in [2.05, 4.69) is 0 Å². The Labute approximate surface area is 139 Å². The molecule has 0 aromatic heterocycles. The molecule has 7 heteroatoms. The Hall–Kier alpha value is -1.30. The smallest absolute Gasteiger partial charge is 0.323 e. The minimum Gasteiger partial charge on any atom is -0.480 e. The molecule has 1 atom stereocenters. The highest BCUT2D eigenvalue weighted by Gasteiger charge is 2.23. The van der Waals surface area contributed by atoms with Crippen LogP contribution < -0.4 is 0 Å². The first-order valence-electron chi connectivity index (χ1n) is 6.78. The van der Waals surface area contributed by atoms with Crippen molar-refractivity contribution in [3.05, 3.63) is 33.8 Å². The standard InChI is InChI=1S/C15H19Cl2NO4/c1-10(7-11-3-4-12(16)8-13(11)17)15(21)18(5-6-22-2)9-14(19)20/h3-4,8,10H,5-7,9H2,1-2H3,(H,19,20). The van der Waals surface area contributed by atoms with Crippen molar-refractivity contribution in [3.8, 4) is 0 Å². The summed E-state index contributed by atoms with van der Waals surface area (Å²) in [7, 11) is 1.50. The van der Waals surface area contributed by atoms with Gasteiger partial charge in [-0.05, 0) is 24.1 Å². The van der Waals surface area contributed by atoms with Gasteiger partial charge in [-0.25, -0.2) is 0 Å². The Balaban J connectivity index is 2.77. The number of halogens is 2. The van der Waals surface area contributed by atoms with Gasteiger partial charge in [0.1, 0.15) is 6.54 Å². The van der Waals surface area contributed by atoms with Crippen LogP contribution in [0, 0.1) is 5.92 Å². The number of carbonyl (C=O) groups is 2. The van der Waals surface area contributed by atoms with E-state index in [1.165, 1.54) is 12.0 Å². The van der Waals surface area contributed by atoms with Gasteiger partial charge in [-0.2, -0.15) is 0 Å². The zero-order valence-corrected chi connectivity index (χ0v) is 14.0. The molecule has 0 radical (unpaired) electrons. The highest BCUT2D eigenvalue weighted by Crippen LogP contribution is 2.24. The van der Waals surface area contributed by atoms with E-state index in [0.717, 1.165) is 5.56 Å². The van der Waals surface area contributed by atoms with Crippen molar-refractivity contribution >= 4 is 35.1 Å². The van der Waals surface area contributed by atoms with Crippen molar-refractivity contribution in [2.45, 2.75) is 13.3 Å². The number of carbonyl (C=O) groups excluding carboxylic acids is 1. The molecule has 0 fully saturated rings. The van der Waals surface area contributed by atoms with Gasteiger partial charge in [-0.3, -0.25) is 9.59 Å². The van der Waals surface area contributed by atoms with Gasteiger partial charge >= 0.3 is 5.97 Å². The highest BCUT2D eigenvalue weighted by atomic mass is 35.5. The zero-order valence-electron chi connectivity index (χ0n) is 12.5. The van der Waals surface area contributed by atoms with Crippen molar-refractivity contribution in [2.75, 3.05) is 26.8 Å². The van der Waals surface area contributed by atoms with Gasteiger partial charge in [0.05, 0.1) is 6.61 Å². The molecule has 0 bridgehead atoms. The quantitative estimate of drug-likeness (QED) is 0.785. The third kappa shape index (κ3) is 5.83. The second kappa shape index (κ2) is 8.98. The number of ether oxygens (including phenoxy) is 1. The largest absolute Gasteiger partial charge is 0.480 e. The summed E-state index contributed by atoms with van der Waals surface area (Å²) < 4.78 is 4.91. The fourth-order valence-corrected chi connectivity index (χ4v) is 2.53. The van der Waals surface area contributed by atoms with E-state index in [9.17, 15) is 9.59 Å². The normalized spacial score (nSPS) is 12.0. The van der Waals surface area contributed by atoms with Crippen molar-refractivity contribution in [3.63, 3.8) is 0 Å². The summed E-state index contributed by atoms with van der Waals surface area (Å²) in [6, 6.07) is 5.10. The molecule has 0 saturated carbocycles.